The van der Waals surface area contributed by atoms with Gasteiger partial charge in [0.05, 0.1) is 5.02 Å². The number of carbonyl (C=O) groups is 1. The van der Waals surface area contributed by atoms with Crippen LogP contribution in [0.5, 0.6) is 5.75 Å². The molecule has 1 aromatic rings. The number of hydrogen-bond donors (Lipinski definition) is 2. The summed E-state index contributed by atoms with van der Waals surface area (Å²) in [6.07, 6.45) is 2.35. The van der Waals surface area contributed by atoms with Gasteiger partial charge in [0.25, 0.3) is 0 Å². The number of benzene rings is 1. The van der Waals surface area contributed by atoms with Gasteiger partial charge in [-0.3, -0.25) is 0 Å². The third kappa shape index (κ3) is 5.00. The second-order valence-electron chi connectivity index (χ2n) is 6.71. The lowest BCUT2D eigenvalue weighted by Crippen LogP contribution is -2.54. The number of β-amino-alcohol motifs (C(OH)–C–C–N with tert-alkyl or cyclic N) is 1. The van der Waals surface area contributed by atoms with Crippen LogP contribution in [-0.2, 0) is 0 Å². The third-order valence-corrected chi connectivity index (χ3v) is 5.16. The highest BCUT2D eigenvalue weighted by Gasteiger charge is 2.29. The molecule has 138 valence electrons. The van der Waals surface area contributed by atoms with Gasteiger partial charge in [-0.2, -0.15) is 0 Å². The van der Waals surface area contributed by atoms with Crippen molar-refractivity contribution in [3.8, 4) is 5.75 Å². The maximum absolute atomic E-state index is 11.9. The van der Waals surface area contributed by atoms with Crippen molar-refractivity contribution >= 4 is 17.6 Å². The van der Waals surface area contributed by atoms with Gasteiger partial charge in [-0.25, -0.2) is 4.79 Å². The summed E-state index contributed by atoms with van der Waals surface area (Å²) in [5.74, 6) is 0.595. The Balaban J connectivity index is 1.39. The predicted molar refractivity (Wildman–Crippen MR) is 97.1 cm³/mol. The molecule has 1 aromatic carbocycles. The van der Waals surface area contributed by atoms with Crippen molar-refractivity contribution in [2.45, 2.75) is 31.4 Å². The van der Waals surface area contributed by atoms with Crippen molar-refractivity contribution in [2.24, 2.45) is 0 Å². The lowest BCUT2D eigenvalue weighted by atomic mass is 10.0. The second-order valence-corrected chi connectivity index (χ2v) is 7.11. The summed E-state index contributed by atoms with van der Waals surface area (Å²) in [6.45, 7) is 4.20. The summed E-state index contributed by atoms with van der Waals surface area (Å²) in [6, 6.07) is 7.65. The molecule has 0 aliphatic carbocycles. The molecule has 0 saturated carbocycles. The van der Waals surface area contributed by atoms with E-state index in [2.05, 4.69) is 10.2 Å². The van der Waals surface area contributed by atoms with Crippen molar-refractivity contribution < 1.29 is 14.6 Å². The van der Waals surface area contributed by atoms with Crippen LogP contribution in [0.3, 0.4) is 0 Å². The van der Waals surface area contributed by atoms with Crippen LogP contribution in [-0.4, -0.2) is 72.4 Å². The summed E-state index contributed by atoms with van der Waals surface area (Å²) in [4.78, 5) is 16.1. The van der Waals surface area contributed by atoms with Crippen LogP contribution in [0.1, 0.15) is 19.3 Å². The van der Waals surface area contributed by atoms with E-state index in [0.717, 1.165) is 45.4 Å². The topological polar surface area (TPSA) is 65.0 Å². The normalized spacial score (nSPS) is 21.0. The fourth-order valence-corrected chi connectivity index (χ4v) is 3.70. The Labute approximate surface area is 153 Å². The fourth-order valence-electron chi connectivity index (χ4n) is 3.51. The number of likely N-dealkylation sites (tertiary alicyclic amines) is 1. The van der Waals surface area contributed by atoms with E-state index in [-0.39, 0.29) is 12.6 Å². The van der Waals surface area contributed by atoms with E-state index in [1.54, 1.807) is 12.1 Å². The minimum Gasteiger partial charge on any atom is -0.489 e. The van der Waals surface area contributed by atoms with Gasteiger partial charge < -0.3 is 25.0 Å². The number of halogens is 1. The van der Waals surface area contributed by atoms with E-state index in [0.29, 0.717) is 23.4 Å². The van der Waals surface area contributed by atoms with Crippen molar-refractivity contribution in [3.63, 3.8) is 0 Å². The summed E-state index contributed by atoms with van der Waals surface area (Å²) in [7, 11) is 0. The minimum atomic E-state index is -0.564. The molecule has 2 N–H and O–H groups in total. The van der Waals surface area contributed by atoms with Crippen molar-refractivity contribution in [1.29, 1.82) is 0 Å². The van der Waals surface area contributed by atoms with Crippen LogP contribution in [0.25, 0.3) is 0 Å². The monoisotopic (exact) mass is 367 g/mol. The Morgan fingerprint density at radius 2 is 2.04 bits per heavy atom. The lowest BCUT2D eigenvalue weighted by Gasteiger charge is -2.40. The van der Waals surface area contributed by atoms with Gasteiger partial charge in [-0.1, -0.05) is 23.7 Å². The van der Waals surface area contributed by atoms with Gasteiger partial charge in [-0.05, 0) is 31.4 Å². The molecule has 0 radical (unpaired) electrons. The molecule has 2 heterocycles. The van der Waals surface area contributed by atoms with Crippen LogP contribution in [0, 0.1) is 0 Å². The molecular formula is C18H26ClN3O3. The molecule has 1 unspecified atom stereocenters. The average Bonchev–Trinajstić information content (AvgIpc) is 2.62. The van der Waals surface area contributed by atoms with E-state index in [9.17, 15) is 9.90 Å². The lowest BCUT2D eigenvalue weighted by molar-refractivity contribution is 0.0474. The molecule has 2 saturated heterocycles. The molecule has 3 rings (SSSR count). The quantitative estimate of drug-likeness (QED) is 0.806. The number of hydrogen-bond acceptors (Lipinski definition) is 4. The molecular weight excluding hydrogens is 342 g/mol. The Hall–Kier alpha value is -1.50. The average molecular weight is 368 g/mol. The molecule has 2 fully saturated rings. The molecule has 0 aromatic heterocycles. The number of carbonyl (C=O) groups excluding carboxylic acids is 1. The molecule has 7 heteroatoms. The van der Waals surface area contributed by atoms with Gasteiger partial charge in [0.2, 0.25) is 0 Å². The highest BCUT2D eigenvalue weighted by molar-refractivity contribution is 6.32. The molecule has 2 aliphatic rings. The number of nitrogens with one attached hydrogen (secondary N) is 1. The third-order valence-electron chi connectivity index (χ3n) is 4.85. The fraction of sp³-hybridized carbons (Fsp3) is 0.611. The molecule has 1 atom stereocenters. The van der Waals surface area contributed by atoms with Crippen molar-refractivity contribution in [3.05, 3.63) is 29.3 Å². The van der Waals surface area contributed by atoms with Crippen LogP contribution >= 0.6 is 11.6 Å². The maximum Gasteiger partial charge on any atom is 0.317 e. The van der Waals surface area contributed by atoms with E-state index in [1.165, 1.54) is 0 Å². The summed E-state index contributed by atoms with van der Waals surface area (Å²) in [5, 5.41) is 13.7. The summed E-state index contributed by atoms with van der Waals surface area (Å²) in [5.41, 5.74) is 0. The first-order chi connectivity index (χ1) is 12.1. The van der Waals surface area contributed by atoms with Gasteiger partial charge in [0.1, 0.15) is 18.5 Å². The summed E-state index contributed by atoms with van der Waals surface area (Å²) >= 11 is 6.05. The maximum atomic E-state index is 11.9. The number of urea groups is 1. The van der Waals surface area contributed by atoms with Gasteiger partial charge in [-0.15, -0.1) is 0 Å². The minimum absolute atomic E-state index is 0.0675. The number of ether oxygens (including phenoxy) is 1. The number of aliphatic hydroxyl groups excluding tert-OH is 1. The Morgan fingerprint density at radius 3 is 2.76 bits per heavy atom. The zero-order valence-electron chi connectivity index (χ0n) is 14.4. The van der Waals surface area contributed by atoms with E-state index < -0.39 is 6.10 Å². The molecule has 2 amide bonds. The Bertz CT molecular complexity index is 578. The standard InChI is InChI=1S/C18H26ClN3O3/c19-16-4-1-2-5-17(16)25-13-15(23)12-21-10-6-14(7-11-21)22-9-3-8-20-18(22)24/h1-2,4-5,14-15,23H,3,6-13H2,(H,20,24). The number of amides is 2. The van der Waals surface area contributed by atoms with Gasteiger partial charge >= 0.3 is 6.03 Å². The molecule has 0 spiro atoms. The van der Waals surface area contributed by atoms with Crippen LogP contribution < -0.4 is 10.1 Å². The first-order valence-electron chi connectivity index (χ1n) is 8.95. The van der Waals surface area contributed by atoms with Crippen LogP contribution in [0.2, 0.25) is 5.02 Å². The number of piperidine rings is 1. The highest BCUT2D eigenvalue weighted by atomic mass is 35.5. The molecule has 0 bridgehead atoms. The molecule has 2 aliphatic heterocycles. The van der Waals surface area contributed by atoms with Crippen molar-refractivity contribution in [2.75, 3.05) is 39.3 Å². The summed E-state index contributed by atoms with van der Waals surface area (Å²) < 4.78 is 5.60. The largest absolute Gasteiger partial charge is 0.489 e. The number of para-hydroxylation sites is 1. The van der Waals surface area contributed by atoms with E-state index in [4.69, 9.17) is 16.3 Å². The van der Waals surface area contributed by atoms with Crippen LogP contribution in [0.15, 0.2) is 24.3 Å². The zero-order valence-corrected chi connectivity index (χ0v) is 15.1. The SMILES string of the molecule is O=C1NCCCN1C1CCN(CC(O)COc2ccccc2Cl)CC1. The Morgan fingerprint density at radius 1 is 1.28 bits per heavy atom. The van der Waals surface area contributed by atoms with Gasteiger partial charge in [0.15, 0.2) is 0 Å². The number of aliphatic hydroxyl groups is 1. The molecule has 25 heavy (non-hydrogen) atoms. The molecule has 6 nitrogen and oxygen atoms in total. The Kier molecular flexibility index (Phi) is 6.39. The first-order valence-corrected chi connectivity index (χ1v) is 9.33. The van der Waals surface area contributed by atoms with E-state index >= 15 is 0 Å². The first kappa shape index (κ1) is 18.3. The number of nitrogens with zero attached hydrogens (tertiary/aromatic N) is 2. The number of rotatable bonds is 6. The highest BCUT2D eigenvalue weighted by Crippen LogP contribution is 2.23. The van der Waals surface area contributed by atoms with E-state index in [1.807, 2.05) is 17.0 Å². The van der Waals surface area contributed by atoms with Gasteiger partial charge in [0, 0.05) is 38.8 Å². The predicted octanol–water partition coefficient (Wildman–Crippen LogP) is 1.96. The van der Waals surface area contributed by atoms with Crippen molar-refractivity contribution in [1.82, 2.24) is 15.1 Å². The zero-order chi connectivity index (χ0) is 17.6. The second kappa shape index (κ2) is 8.74. The smallest absolute Gasteiger partial charge is 0.317 e. The van der Waals surface area contributed by atoms with Crippen LogP contribution in [0.4, 0.5) is 4.79 Å².